The average molecular weight is 261 g/mol. The molecule has 0 heteroatoms. The van der Waals surface area contributed by atoms with Gasteiger partial charge in [-0.3, -0.25) is 0 Å². The van der Waals surface area contributed by atoms with Crippen LogP contribution in [0.25, 0.3) is 0 Å². The van der Waals surface area contributed by atoms with Crippen molar-refractivity contribution in [3.05, 3.63) is 0 Å². The van der Waals surface area contributed by atoms with Crippen molar-refractivity contribution in [2.24, 2.45) is 5.92 Å². The number of hydrogen-bond donors (Lipinski definition) is 0. The zero-order valence-electron chi connectivity index (χ0n) is 15.2. The summed E-state index contributed by atoms with van der Waals surface area (Å²) in [5.41, 5.74) is 0. The Morgan fingerprint density at radius 2 is 0.778 bits per heavy atom. The van der Waals surface area contributed by atoms with Crippen LogP contribution in [0.2, 0.25) is 0 Å². The molecule has 0 aliphatic carbocycles. The van der Waals surface area contributed by atoms with E-state index >= 15 is 0 Å². The fraction of sp³-hybridized carbons (Fsp3) is 1.00. The predicted octanol–water partition coefficient (Wildman–Crippen LogP) is 7.86. The van der Waals surface area contributed by atoms with Crippen LogP contribution in [0.1, 0.15) is 114 Å². The molecule has 116 valence electrons. The first-order valence-electron chi connectivity index (χ1n) is 8.51. The lowest BCUT2D eigenvalue weighted by atomic mass is 10.2. The van der Waals surface area contributed by atoms with E-state index < -0.39 is 0 Å². The zero-order chi connectivity index (χ0) is 15.2. The Labute approximate surface area is 120 Å². The quantitative estimate of drug-likeness (QED) is 0.441. The van der Waals surface area contributed by atoms with Gasteiger partial charge in [-0.1, -0.05) is 114 Å². The summed E-state index contributed by atoms with van der Waals surface area (Å²) in [6.45, 7) is 19.7. The van der Waals surface area contributed by atoms with Crippen molar-refractivity contribution >= 4 is 0 Å². The third-order valence-electron chi connectivity index (χ3n) is 2.27. The molecule has 0 aromatic carbocycles. The molecule has 0 saturated heterocycles. The second-order valence-corrected chi connectivity index (χ2v) is 5.22. The van der Waals surface area contributed by atoms with E-state index in [0.29, 0.717) is 0 Å². The second-order valence-electron chi connectivity index (χ2n) is 5.22. The van der Waals surface area contributed by atoms with Gasteiger partial charge in [0.05, 0.1) is 0 Å². The largest absolute Gasteiger partial charge is 0.0656 e. The molecule has 0 radical (unpaired) electrons. The van der Waals surface area contributed by atoms with Gasteiger partial charge in [0, 0.05) is 0 Å². The Kier molecular flexibility index (Phi) is 53.0. The molecular weight excluding hydrogens is 216 g/mol. The summed E-state index contributed by atoms with van der Waals surface area (Å²) in [4.78, 5) is 0. The third-order valence-corrected chi connectivity index (χ3v) is 2.27. The SMILES string of the molecule is CCC.CCC(C)C.CCCC.CCCCCC. The van der Waals surface area contributed by atoms with E-state index in [0.717, 1.165) is 5.92 Å². The van der Waals surface area contributed by atoms with Gasteiger partial charge in [0.1, 0.15) is 0 Å². The molecular formula is C18H44. The molecule has 0 rings (SSSR count). The standard InChI is InChI=1S/C6H14.C5H12.C4H10.C3H8/c1-3-5-6-4-2;1-4-5(2)3;1-3-4-2;1-3-2/h3-6H2,1-2H3;5H,4H2,1-3H3;3-4H2,1-2H3;3H2,1-2H3. The summed E-state index contributed by atoms with van der Waals surface area (Å²) < 4.78 is 0. The molecule has 0 unspecified atom stereocenters. The Balaban J connectivity index is -0.0000000750. The normalized spacial score (nSPS) is 8.33. The van der Waals surface area contributed by atoms with Crippen LogP contribution in [0.4, 0.5) is 0 Å². The average Bonchev–Trinajstić information content (AvgIpc) is 2.38. The lowest BCUT2D eigenvalue weighted by Crippen LogP contribution is -1.77. The topological polar surface area (TPSA) is 0 Å². The molecule has 0 aliphatic rings. The van der Waals surface area contributed by atoms with E-state index in [9.17, 15) is 0 Å². The van der Waals surface area contributed by atoms with Crippen LogP contribution < -0.4 is 0 Å². The van der Waals surface area contributed by atoms with Gasteiger partial charge in [-0.2, -0.15) is 0 Å². The molecule has 0 spiro atoms. The lowest BCUT2D eigenvalue weighted by molar-refractivity contribution is 0.626. The van der Waals surface area contributed by atoms with Crippen LogP contribution >= 0.6 is 0 Å². The highest BCUT2D eigenvalue weighted by Gasteiger charge is 1.80. The van der Waals surface area contributed by atoms with Crippen LogP contribution in [-0.2, 0) is 0 Å². The van der Waals surface area contributed by atoms with Gasteiger partial charge < -0.3 is 0 Å². The molecule has 0 atom stereocenters. The zero-order valence-corrected chi connectivity index (χ0v) is 15.2. The molecule has 0 aliphatic heterocycles. The van der Waals surface area contributed by atoms with Crippen molar-refractivity contribution in [1.29, 1.82) is 0 Å². The summed E-state index contributed by atoms with van der Waals surface area (Å²) in [5.74, 6) is 0.884. The van der Waals surface area contributed by atoms with Crippen molar-refractivity contribution in [3.63, 3.8) is 0 Å². The van der Waals surface area contributed by atoms with Crippen LogP contribution in [0.3, 0.4) is 0 Å². The first kappa shape index (κ1) is 26.5. The minimum Gasteiger partial charge on any atom is -0.0656 e. The molecule has 0 aromatic rings. The molecule has 0 nitrogen and oxygen atoms in total. The van der Waals surface area contributed by atoms with Crippen molar-refractivity contribution in [1.82, 2.24) is 0 Å². The van der Waals surface area contributed by atoms with E-state index in [4.69, 9.17) is 0 Å². The van der Waals surface area contributed by atoms with Crippen molar-refractivity contribution in [2.75, 3.05) is 0 Å². The van der Waals surface area contributed by atoms with E-state index in [2.05, 4.69) is 62.3 Å². The summed E-state index contributed by atoms with van der Waals surface area (Å²) in [5, 5.41) is 0. The van der Waals surface area contributed by atoms with Gasteiger partial charge in [-0.25, -0.2) is 0 Å². The smallest absolute Gasteiger partial charge is 0.0474 e. The maximum absolute atomic E-state index is 2.23. The number of unbranched alkanes of at least 4 members (excludes halogenated alkanes) is 4. The second kappa shape index (κ2) is 36.0. The van der Waals surface area contributed by atoms with Gasteiger partial charge in [0.2, 0.25) is 0 Å². The Morgan fingerprint density at radius 3 is 0.833 bits per heavy atom. The highest BCUT2D eigenvalue weighted by molar-refractivity contribution is 4.32. The monoisotopic (exact) mass is 260 g/mol. The summed E-state index contributed by atoms with van der Waals surface area (Å²) >= 11 is 0. The molecule has 18 heavy (non-hydrogen) atoms. The molecule has 0 bridgehead atoms. The Hall–Kier alpha value is 0. The van der Waals surface area contributed by atoms with Gasteiger partial charge >= 0.3 is 0 Å². The Bertz CT molecular complexity index is 68.1. The first-order chi connectivity index (χ1) is 8.51. The van der Waals surface area contributed by atoms with Gasteiger partial charge in [-0.05, 0) is 5.92 Å². The number of rotatable bonds is 5. The van der Waals surface area contributed by atoms with Crippen LogP contribution in [0.5, 0.6) is 0 Å². The number of hydrogen-bond acceptors (Lipinski definition) is 0. The Morgan fingerprint density at radius 1 is 0.556 bits per heavy atom. The lowest BCUT2D eigenvalue weighted by Gasteiger charge is -1.90. The highest BCUT2D eigenvalue weighted by Crippen LogP contribution is 1.95. The van der Waals surface area contributed by atoms with Crippen molar-refractivity contribution in [2.45, 2.75) is 114 Å². The predicted molar refractivity (Wildman–Crippen MR) is 91.5 cm³/mol. The van der Waals surface area contributed by atoms with Gasteiger partial charge in [-0.15, -0.1) is 0 Å². The minimum absolute atomic E-state index is 0.884. The van der Waals surface area contributed by atoms with Crippen molar-refractivity contribution < 1.29 is 0 Å². The van der Waals surface area contributed by atoms with Gasteiger partial charge in [0.25, 0.3) is 0 Å². The molecule has 0 saturated carbocycles. The van der Waals surface area contributed by atoms with E-state index in [1.54, 1.807) is 0 Å². The maximum Gasteiger partial charge on any atom is -0.0474 e. The van der Waals surface area contributed by atoms with E-state index in [1.165, 1.54) is 51.4 Å². The first-order valence-corrected chi connectivity index (χ1v) is 8.51. The fourth-order valence-electron chi connectivity index (χ4n) is 0.500. The maximum atomic E-state index is 2.23. The molecule has 0 aromatic heterocycles. The van der Waals surface area contributed by atoms with Crippen LogP contribution in [0.15, 0.2) is 0 Å². The van der Waals surface area contributed by atoms with E-state index in [1.807, 2.05) is 0 Å². The minimum atomic E-state index is 0.884. The molecule has 0 amide bonds. The van der Waals surface area contributed by atoms with E-state index in [-0.39, 0.29) is 0 Å². The summed E-state index contributed by atoms with van der Waals surface area (Å²) in [6, 6.07) is 0. The summed E-state index contributed by atoms with van der Waals surface area (Å²) in [7, 11) is 0. The molecule has 0 fully saturated rings. The molecule has 0 heterocycles. The summed E-state index contributed by atoms with van der Waals surface area (Å²) in [6.07, 6.45) is 10.7. The van der Waals surface area contributed by atoms with Crippen molar-refractivity contribution in [3.8, 4) is 0 Å². The van der Waals surface area contributed by atoms with Gasteiger partial charge in [0.15, 0.2) is 0 Å². The van der Waals surface area contributed by atoms with Crippen LogP contribution in [0, 0.1) is 5.92 Å². The fourth-order valence-corrected chi connectivity index (χ4v) is 0.500. The highest BCUT2D eigenvalue weighted by atomic mass is 13.9. The third kappa shape index (κ3) is 100. The molecule has 0 N–H and O–H groups in total. The van der Waals surface area contributed by atoms with Crippen LogP contribution in [-0.4, -0.2) is 0 Å².